The Morgan fingerprint density at radius 1 is 0.947 bits per heavy atom. The van der Waals surface area contributed by atoms with Gasteiger partial charge < -0.3 is 10.3 Å². The summed E-state index contributed by atoms with van der Waals surface area (Å²) in [7, 11) is 0. The molecular weight excluding hydrogens is 258 g/mol. The van der Waals surface area contributed by atoms with Crippen LogP contribution in [0.1, 0.15) is 11.1 Å². The molecule has 2 aromatic carbocycles. The fraction of sp³-hybridized carbons (Fsp3) is 0.0667. The van der Waals surface area contributed by atoms with E-state index >= 15 is 0 Å². The molecule has 0 aromatic heterocycles. The van der Waals surface area contributed by atoms with Crippen molar-refractivity contribution in [2.45, 2.75) is 0 Å². The lowest BCUT2D eigenvalue weighted by molar-refractivity contribution is 0.543. The van der Waals surface area contributed by atoms with Crippen molar-refractivity contribution in [3.63, 3.8) is 0 Å². The molecule has 0 fully saturated rings. The lowest BCUT2D eigenvalue weighted by Crippen LogP contribution is -1.82. The van der Waals surface area contributed by atoms with Crippen molar-refractivity contribution in [2.24, 2.45) is 0 Å². The minimum Gasteiger partial charge on any atom is -0.773 e. The number of anilines is 1. The predicted octanol–water partition coefficient (Wildman–Crippen LogP) is 2.93. The highest BCUT2D eigenvalue weighted by atomic mass is 32.2. The van der Waals surface area contributed by atoms with Gasteiger partial charge in [-0.3, -0.25) is 4.21 Å². The predicted molar refractivity (Wildman–Crippen MR) is 81.1 cm³/mol. The summed E-state index contributed by atoms with van der Waals surface area (Å²) in [6.45, 7) is 0. The van der Waals surface area contributed by atoms with E-state index in [2.05, 4.69) is 24.3 Å². The Kier molecular flexibility index (Phi) is 6.57. The monoisotopic (exact) mass is 274 g/mol. The van der Waals surface area contributed by atoms with Crippen LogP contribution in [-0.4, -0.2) is 15.0 Å². The fourth-order valence-electron chi connectivity index (χ4n) is 1.36. The smallest absolute Gasteiger partial charge is 0.0314 e. The molecule has 0 heterocycles. The van der Waals surface area contributed by atoms with E-state index in [0.717, 1.165) is 17.5 Å². The Morgan fingerprint density at radius 2 is 1.37 bits per heavy atom. The normalized spacial score (nSPS) is 11.7. The van der Waals surface area contributed by atoms with Gasteiger partial charge in [0.15, 0.2) is 0 Å². The lowest BCUT2D eigenvalue weighted by Gasteiger charge is -1.95. The van der Waals surface area contributed by atoms with E-state index < -0.39 is 11.1 Å². The number of hydrogen-bond acceptors (Lipinski definition) is 3. The average molecular weight is 274 g/mol. The van der Waals surface area contributed by atoms with Crippen molar-refractivity contribution in [1.29, 1.82) is 0 Å². The third-order valence-corrected chi connectivity index (χ3v) is 2.20. The van der Waals surface area contributed by atoms with Crippen LogP contribution in [0.4, 0.5) is 5.69 Å². The number of nitrogens with two attached hydrogens (primary N) is 1. The zero-order valence-electron chi connectivity index (χ0n) is 10.7. The summed E-state index contributed by atoms with van der Waals surface area (Å²) in [6.07, 6.45) is 5.25. The number of rotatable bonds is 2. The van der Waals surface area contributed by atoms with Gasteiger partial charge in [0, 0.05) is 5.69 Å². The van der Waals surface area contributed by atoms with Crippen molar-refractivity contribution in [3.05, 3.63) is 65.7 Å². The van der Waals surface area contributed by atoms with Crippen LogP contribution < -0.4 is 5.73 Å². The highest BCUT2D eigenvalue weighted by Crippen LogP contribution is 2.10. The quantitative estimate of drug-likeness (QED) is 0.520. The summed E-state index contributed by atoms with van der Waals surface area (Å²) in [4.78, 5) is 0. The molecule has 0 aliphatic rings. The van der Waals surface area contributed by atoms with Crippen LogP contribution in [0, 0.1) is 0 Å². The number of benzene rings is 2. The molecule has 0 saturated carbocycles. The van der Waals surface area contributed by atoms with Gasteiger partial charge in [-0.05, 0) is 29.5 Å². The summed E-state index contributed by atoms with van der Waals surface area (Å²) in [6, 6.07) is 18.1. The Balaban J connectivity index is 0.000000399. The van der Waals surface area contributed by atoms with Crippen molar-refractivity contribution in [3.8, 4) is 0 Å². The summed E-state index contributed by atoms with van der Waals surface area (Å²) in [5.74, 6) is 0. The number of hydrogen-bond donors (Lipinski definition) is 1. The molecule has 2 aromatic rings. The Hall–Kier alpha value is -1.91. The third-order valence-electron chi connectivity index (χ3n) is 2.20. The average Bonchev–Trinajstić information content (AvgIpc) is 2.39. The second-order valence-corrected chi connectivity index (χ2v) is 4.61. The minimum atomic E-state index is -1.86. The van der Waals surface area contributed by atoms with Crippen molar-refractivity contribution in [2.75, 3.05) is 12.0 Å². The van der Waals surface area contributed by atoms with E-state index in [1.807, 2.05) is 42.5 Å². The largest absolute Gasteiger partial charge is 0.773 e. The maximum atomic E-state index is 9.00. The van der Waals surface area contributed by atoms with Gasteiger partial charge in [0.2, 0.25) is 0 Å². The Bertz CT molecular complexity index is 532. The summed E-state index contributed by atoms with van der Waals surface area (Å²) >= 11 is -1.86. The molecule has 0 amide bonds. The van der Waals surface area contributed by atoms with Crippen LogP contribution in [0.3, 0.4) is 0 Å². The molecule has 4 heteroatoms. The van der Waals surface area contributed by atoms with Crippen LogP contribution in [0.25, 0.3) is 12.2 Å². The summed E-state index contributed by atoms with van der Waals surface area (Å²) < 4.78 is 18.0. The molecule has 2 N–H and O–H groups in total. The van der Waals surface area contributed by atoms with Crippen molar-refractivity contribution >= 4 is 28.9 Å². The van der Waals surface area contributed by atoms with E-state index in [4.69, 9.17) is 14.5 Å². The van der Waals surface area contributed by atoms with Crippen LogP contribution in [0.15, 0.2) is 54.6 Å². The molecule has 0 aliphatic heterocycles. The molecule has 1 atom stereocenters. The van der Waals surface area contributed by atoms with Crippen LogP contribution in [0.2, 0.25) is 0 Å². The van der Waals surface area contributed by atoms with Gasteiger partial charge in [0.05, 0.1) is 0 Å². The van der Waals surface area contributed by atoms with Crippen LogP contribution in [0.5, 0.6) is 0 Å². The number of nitrogen functional groups attached to an aromatic ring is 1. The first-order valence-corrected chi connectivity index (χ1v) is 7.16. The molecule has 100 valence electrons. The highest BCUT2D eigenvalue weighted by molar-refractivity contribution is 7.78. The van der Waals surface area contributed by atoms with Gasteiger partial charge in [-0.2, -0.15) is 0 Å². The molecule has 2 rings (SSSR count). The standard InChI is InChI=1S/C14H13N.CH4O2S/c15-14-10-8-13(9-11-14)7-6-12-4-2-1-3-5-12;1-4(2)3/h1-11H,15H2;1H3,(H,2,3)/p-1. The molecule has 0 bridgehead atoms. The van der Waals surface area contributed by atoms with Gasteiger partial charge in [-0.25, -0.2) is 0 Å². The molecule has 0 aliphatic carbocycles. The minimum absolute atomic E-state index is 0.798. The highest BCUT2D eigenvalue weighted by Gasteiger charge is 1.87. The first kappa shape index (κ1) is 15.1. The maximum Gasteiger partial charge on any atom is 0.0314 e. The molecule has 19 heavy (non-hydrogen) atoms. The van der Waals surface area contributed by atoms with Crippen LogP contribution >= 0.6 is 0 Å². The van der Waals surface area contributed by atoms with E-state index in [-0.39, 0.29) is 0 Å². The Labute approximate surface area is 116 Å². The van der Waals surface area contributed by atoms with Crippen molar-refractivity contribution in [1.82, 2.24) is 0 Å². The van der Waals surface area contributed by atoms with Gasteiger partial charge >= 0.3 is 0 Å². The van der Waals surface area contributed by atoms with Gasteiger partial charge in [-0.15, -0.1) is 0 Å². The van der Waals surface area contributed by atoms with Crippen molar-refractivity contribution < 1.29 is 8.76 Å². The van der Waals surface area contributed by atoms with Gasteiger partial charge in [-0.1, -0.05) is 65.7 Å². The third kappa shape index (κ3) is 7.18. The molecular formula is C15H16NO2S-. The van der Waals surface area contributed by atoms with E-state index in [1.165, 1.54) is 5.56 Å². The first-order valence-electron chi connectivity index (χ1n) is 5.67. The fourth-order valence-corrected chi connectivity index (χ4v) is 1.36. The second-order valence-electron chi connectivity index (χ2n) is 3.81. The van der Waals surface area contributed by atoms with Gasteiger partial charge in [0.1, 0.15) is 0 Å². The lowest BCUT2D eigenvalue weighted by atomic mass is 10.1. The SMILES string of the molecule is CS(=O)[O-].Nc1ccc(C=Cc2ccccc2)cc1. The molecule has 0 radical (unpaired) electrons. The van der Waals surface area contributed by atoms with Crippen LogP contribution in [-0.2, 0) is 11.1 Å². The molecule has 0 saturated heterocycles. The molecule has 1 unspecified atom stereocenters. The maximum absolute atomic E-state index is 9.00. The zero-order valence-corrected chi connectivity index (χ0v) is 11.5. The van der Waals surface area contributed by atoms with E-state index in [9.17, 15) is 0 Å². The zero-order chi connectivity index (χ0) is 14.1. The molecule has 3 nitrogen and oxygen atoms in total. The molecule has 0 spiro atoms. The topological polar surface area (TPSA) is 66.1 Å². The summed E-state index contributed by atoms with van der Waals surface area (Å²) in [5.41, 5.74) is 8.77. The van der Waals surface area contributed by atoms with Gasteiger partial charge in [0.25, 0.3) is 0 Å². The van der Waals surface area contributed by atoms with E-state index in [1.54, 1.807) is 0 Å². The Morgan fingerprint density at radius 3 is 1.84 bits per heavy atom. The second kappa shape index (κ2) is 8.24. The van der Waals surface area contributed by atoms with E-state index in [0.29, 0.717) is 0 Å². The first-order chi connectivity index (χ1) is 9.08. The summed E-state index contributed by atoms with van der Waals surface area (Å²) in [5, 5.41) is 0.